The molecular weight excluding hydrogens is 270 g/mol. The third kappa shape index (κ3) is 2.48. The highest BCUT2D eigenvalue weighted by Gasteiger charge is 2.18. The molecule has 2 N–H and O–H groups in total. The molecule has 0 unspecified atom stereocenters. The van der Waals surface area contributed by atoms with Crippen molar-refractivity contribution in [3.05, 3.63) is 51.6 Å². The second-order valence-corrected chi connectivity index (χ2v) is 5.88. The number of imidazole rings is 1. The van der Waals surface area contributed by atoms with Crippen molar-refractivity contribution in [3.63, 3.8) is 0 Å². The fourth-order valence-corrected chi connectivity index (χ4v) is 3.22. The number of nitrogens with two attached hydrogens (primary N) is 1. The van der Waals surface area contributed by atoms with Gasteiger partial charge in [0.15, 0.2) is 0 Å². The van der Waals surface area contributed by atoms with E-state index in [0.29, 0.717) is 6.54 Å². The first-order valence-corrected chi connectivity index (χ1v) is 7.59. The van der Waals surface area contributed by atoms with Crippen LogP contribution < -0.4 is 5.73 Å². The lowest BCUT2D eigenvalue weighted by Crippen LogP contribution is -2.10. The Morgan fingerprint density at radius 1 is 1.30 bits per heavy atom. The normalized spacial score (nSPS) is 14.3. The van der Waals surface area contributed by atoms with Gasteiger partial charge in [-0.1, -0.05) is 23.7 Å². The van der Waals surface area contributed by atoms with Crippen molar-refractivity contribution in [1.82, 2.24) is 9.55 Å². The summed E-state index contributed by atoms with van der Waals surface area (Å²) in [5, 5.41) is 0.797. The summed E-state index contributed by atoms with van der Waals surface area (Å²) in [4.78, 5) is 4.71. The van der Waals surface area contributed by atoms with Crippen LogP contribution in [-0.4, -0.2) is 9.55 Å². The molecule has 0 radical (unpaired) electrons. The maximum absolute atomic E-state index is 6.37. The predicted molar refractivity (Wildman–Crippen MR) is 82.1 cm³/mol. The SMILES string of the molecule is Cc1nc2c(n1Cc1ccc(CN)cc1Cl)CCCC2. The van der Waals surface area contributed by atoms with Gasteiger partial charge in [-0.3, -0.25) is 0 Å². The summed E-state index contributed by atoms with van der Waals surface area (Å²) in [5.41, 5.74) is 10.5. The lowest BCUT2D eigenvalue weighted by Gasteiger charge is -2.15. The van der Waals surface area contributed by atoms with Crippen LogP contribution in [0.3, 0.4) is 0 Å². The van der Waals surface area contributed by atoms with Crippen molar-refractivity contribution >= 4 is 11.6 Å². The molecule has 1 heterocycles. The zero-order valence-electron chi connectivity index (χ0n) is 11.8. The molecule has 106 valence electrons. The third-order valence-electron chi connectivity index (χ3n) is 4.11. The molecule has 0 fully saturated rings. The number of nitrogens with zero attached hydrogens (tertiary/aromatic N) is 2. The van der Waals surface area contributed by atoms with Gasteiger partial charge in [-0.2, -0.15) is 0 Å². The Labute approximate surface area is 124 Å². The monoisotopic (exact) mass is 289 g/mol. The molecule has 3 nitrogen and oxygen atoms in total. The molecule has 2 aromatic rings. The molecule has 1 aliphatic carbocycles. The van der Waals surface area contributed by atoms with Gasteiger partial charge in [-0.05, 0) is 49.8 Å². The fourth-order valence-electron chi connectivity index (χ4n) is 2.96. The van der Waals surface area contributed by atoms with Crippen molar-refractivity contribution in [2.75, 3.05) is 0 Å². The van der Waals surface area contributed by atoms with Gasteiger partial charge in [0.2, 0.25) is 0 Å². The molecule has 0 aliphatic heterocycles. The van der Waals surface area contributed by atoms with Crippen LogP contribution in [0.4, 0.5) is 0 Å². The first-order valence-electron chi connectivity index (χ1n) is 7.21. The Hall–Kier alpha value is -1.32. The van der Waals surface area contributed by atoms with E-state index in [9.17, 15) is 0 Å². The lowest BCUT2D eigenvalue weighted by atomic mass is 10.0. The van der Waals surface area contributed by atoms with Gasteiger partial charge in [-0.15, -0.1) is 0 Å². The van der Waals surface area contributed by atoms with Crippen molar-refractivity contribution in [3.8, 4) is 0 Å². The van der Waals surface area contributed by atoms with E-state index in [0.717, 1.165) is 41.4 Å². The Morgan fingerprint density at radius 3 is 2.85 bits per heavy atom. The maximum atomic E-state index is 6.37. The minimum absolute atomic E-state index is 0.527. The van der Waals surface area contributed by atoms with Crippen LogP contribution >= 0.6 is 11.6 Å². The van der Waals surface area contributed by atoms with E-state index >= 15 is 0 Å². The Morgan fingerprint density at radius 2 is 2.10 bits per heavy atom. The highest BCUT2D eigenvalue weighted by Crippen LogP contribution is 2.25. The second kappa shape index (κ2) is 5.58. The Bertz CT molecular complexity index is 631. The van der Waals surface area contributed by atoms with Gasteiger partial charge in [-0.25, -0.2) is 4.98 Å². The zero-order valence-corrected chi connectivity index (χ0v) is 12.6. The molecule has 4 heteroatoms. The third-order valence-corrected chi connectivity index (χ3v) is 4.46. The van der Waals surface area contributed by atoms with Gasteiger partial charge < -0.3 is 10.3 Å². The van der Waals surface area contributed by atoms with Gasteiger partial charge in [0, 0.05) is 17.3 Å². The number of aromatic nitrogens is 2. The molecule has 0 saturated heterocycles. The van der Waals surface area contributed by atoms with E-state index in [1.165, 1.54) is 24.2 Å². The highest BCUT2D eigenvalue weighted by atomic mass is 35.5. The molecule has 3 rings (SSSR count). The summed E-state index contributed by atoms with van der Waals surface area (Å²) in [6.45, 7) is 3.41. The number of fused-ring (bicyclic) bond motifs is 1. The van der Waals surface area contributed by atoms with Crippen LogP contribution in [0.15, 0.2) is 18.2 Å². The van der Waals surface area contributed by atoms with Crippen LogP contribution in [0.5, 0.6) is 0 Å². The van der Waals surface area contributed by atoms with Crippen molar-refractivity contribution in [2.45, 2.75) is 45.7 Å². The molecule has 1 aromatic carbocycles. The van der Waals surface area contributed by atoms with Crippen molar-refractivity contribution < 1.29 is 0 Å². The molecule has 0 atom stereocenters. The first-order chi connectivity index (χ1) is 9.69. The molecule has 0 saturated carbocycles. The minimum Gasteiger partial charge on any atom is -0.328 e. The molecule has 1 aliphatic rings. The number of benzene rings is 1. The average Bonchev–Trinajstić information content (AvgIpc) is 2.77. The standard InChI is InChI=1S/C16H20ClN3/c1-11-19-15-4-2-3-5-16(15)20(11)10-13-7-6-12(9-18)8-14(13)17/h6-8H,2-5,9-10,18H2,1H3. The van der Waals surface area contributed by atoms with Crippen LogP contribution in [0, 0.1) is 6.92 Å². The van der Waals surface area contributed by atoms with Crippen LogP contribution in [0.1, 0.15) is 41.2 Å². The topological polar surface area (TPSA) is 43.8 Å². The van der Waals surface area contributed by atoms with Crippen molar-refractivity contribution in [1.29, 1.82) is 0 Å². The molecule has 0 bridgehead atoms. The molecule has 1 aromatic heterocycles. The summed E-state index contributed by atoms with van der Waals surface area (Å²) < 4.78 is 2.32. The number of hydrogen-bond acceptors (Lipinski definition) is 2. The smallest absolute Gasteiger partial charge is 0.106 e. The summed E-state index contributed by atoms with van der Waals surface area (Å²) in [5.74, 6) is 1.09. The van der Waals surface area contributed by atoms with E-state index in [2.05, 4.69) is 23.6 Å². The van der Waals surface area contributed by atoms with E-state index in [-0.39, 0.29) is 0 Å². The van der Waals surface area contributed by atoms with Crippen LogP contribution in [0.25, 0.3) is 0 Å². The van der Waals surface area contributed by atoms with E-state index in [1.807, 2.05) is 6.07 Å². The fraction of sp³-hybridized carbons (Fsp3) is 0.438. The van der Waals surface area contributed by atoms with E-state index in [1.54, 1.807) is 0 Å². The van der Waals surface area contributed by atoms with E-state index < -0.39 is 0 Å². The number of rotatable bonds is 3. The van der Waals surface area contributed by atoms with Crippen LogP contribution in [0.2, 0.25) is 5.02 Å². The van der Waals surface area contributed by atoms with E-state index in [4.69, 9.17) is 22.3 Å². The average molecular weight is 290 g/mol. The number of halogens is 1. The Balaban J connectivity index is 1.93. The molecule has 20 heavy (non-hydrogen) atoms. The number of aryl methyl sites for hydroxylation is 2. The van der Waals surface area contributed by atoms with Gasteiger partial charge >= 0.3 is 0 Å². The first kappa shape index (κ1) is 13.7. The minimum atomic E-state index is 0.527. The quantitative estimate of drug-likeness (QED) is 0.943. The molecule has 0 spiro atoms. The summed E-state index contributed by atoms with van der Waals surface area (Å²) in [7, 11) is 0. The number of hydrogen-bond donors (Lipinski definition) is 1. The maximum Gasteiger partial charge on any atom is 0.106 e. The largest absolute Gasteiger partial charge is 0.328 e. The Kier molecular flexibility index (Phi) is 3.81. The summed E-state index contributed by atoms with van der Waals surface area (Å²) in [6.07, 6.45) is 4.77. The highest BCUT2D eigenvalue weighted by molar-refractivity contribution is 6.31. The predicted octanol–water partition coefficient (Wildman–Crippen LogP) is 3.23. The van der Waals surface area contributed by atoms with Crippen LogP contribution in [-0.2, 0) is 25.9 Å². The van der Waals surface area contributed by atoms with Gasteiger partial charge in [0.05, 0.1) is 12.2 Å². The summed E-state index contributed by atoms with van der Waals surface area (Å²) in [6, 6.07) is 6.11. The van der Waals surface area contributed by atoms with Gasteiger partial charge in [0.25, 0.3) is 0 Å². The summed E-state index contributed by atoms with van der Waals surface area (Å²) >= 11 is 6.37. The molecule has 0 amide bonds. The second-order valence-electron chi connectivity index (χ2n) is 5.48. The zero-order chi connectivity index (χ0) is 14.1. The lowest BCUT2D eigenvalue weighted by molar-refractivity contribution is 0.624. The van der Waals surface area contributed by atoms with Gasteiger partial charge in [0.1, 0.15) is 5.82 Å². The van der Waals surface area contributed by atoms with Crippen molar-refractivity contribution in [2.24, 2.45) is 5.73 Å². The molecular formula is C16H20ClN3.